The molecule has 0 saturated heterocycles. The Hall–Kier alpha value is -3.15. The van der Waals surface area contributed by atoms with Gasteiger partial charge in [-0.15, -0.1) is 0 Å². The van der Waals surface area contributed by atoms with Crippen molar-refractivity contribution in [3.05, 3.63) is 69.8 Å². The van der Waals surface area contributed by atoms with Crippen molar-refractivity contribution in [2.24, 2.45) is 10.7 Å². The summed E-state index contributed by atoms with van der Waals surface area (Å²) in [4.78, 5) is 14.7. The van der Waals surface area contributed by atoms with Crippen LogP contribution >= 0.6 is 0 Å². The van der Waals surface area contributed by atoms with E-state index < -0.39 is 4.92 Å². The molecule has 0 aliphatic heterocycles. The number of hydrogen-bond donors (Lipinski definition) is 1. The number of aliphatic imine (C=N–C) groups is 1. The van der Waals surface area contributed by atoms with Gasteiger partial charge >= 0.3 is 0 Å². The maximum atomic E-state index is 10.9. The smallest absolute Gasteiger partial charge is 0.274 e. The van der Waals surface area contributed by atoms with Gasteiger partial charge in [0.25, 0.3) is 5.69 Å². The molecule has 0 atom stereocenters. The molecule has 0 fully saturated rings. The molecule has 0 amide bonds. The average Bonchev–Trinajstić information content (AvgIpc) is 2.55. The molecule has 2 aromatic rings. The quantitative estimate of drug-likeness (QED) is 0.395. The van der Waals surface area contributed by atoms with Gasteiger partial charge in [-0.25, -0.2) is 4.99 Å². The Bertz CT molecular complexity index is 765. The van der Waals surface area contributed by atoms with Crippen molar-refractivity contribution >= 4 is 23.3 Å². The zero-order chi connectivity index (χ0) is 16.8. The summed E-state index contributed by atoms with van der Waals surface area (Å²) in [7, 11) is 1.61. The van der Waals surface area contributed by atoms with E-state index >= 15 is 0 Å². The SMILES string of the molecule is COc1ccc(C=CC(N)=Nc2ccc(C)c([N+](=O)[O-])c2)cc1. The van der Waals surface area contributed by atoms with Crippen LogP contribution in [-0.4, -0.2) is 17.9 Å². The molecule has 6 nitrogen and oxygen atoms in total. The number of nitro benzene ring substituents is 1. The van der Waals surface area contributed by atoms with Gasteiger partial charge in [0.1, 0.15) is 11.6 Å². The Morgan fingerprint density at radius 2 is 1.96 bits per heavy atom. The van der Waals surface area contributed by atoms with E-state index in [9.17, 15) is 10.1 Å². The van der Waals surface area contributed by atoms with E-state index in [1.54, 1.807) is 38.3 Å². The summed E-state index contributed by atoms with van der Waals surface area (Å²) in [5.74, 6) is 1.04. The van der Waals surface area contributed by atoms with E-state index in [0.717, 1.165) is 11.3 Å². The average molecular weight is 311 g/mol. The highest BCUT2D eigenvalue weighted by Gasteiger charge is 2.10. The van der Waals surface area contributed by atoms with Crippen LogP contribution in [0.25, 0.3) is 6.08 Å². The fourth-order valence-corrected chi connectivity index (χ4v) is 1.95. The summed E-state index contributed by atoms with van der Waals surface area (Å²) in [5, 5.41) is 10.9. The first-order valence-electron chi connectivity index (χ1n) is 6.91. The summed E-state index contributed by atoms with van der Waals surface area (Å²) in [5.41, 5.74) is 7.84. The first-order chi connectivity index (χ1) is 11.0. The number of hydrogen-bond acceptors (Lipinski definition) is 4. The fraction of sp³-hybridized carbons (Fsp3) is 0.118. The van der Waals surface area contributed by atoms with Crippen molar-refractivity contribution in [3.8, 4) is 5.75 Å². The predicted octanol–water partition coefficient (Wildman–Crippen LogP) is 3.61. The molecule has 0 heterocycles. The summed E-state index contributed by atoms with van der Waals surface area (Å²) >= 11 is 0. The first kappa shape index (κ1) is 16.2. The van der Waals surface area contributed by atoms with Crippen LogP contribution in [0.2, 0.25) is 0 Å². The topological polar surface area (TPSA) is 90.8 Å². The maximum Gasteiger partial charge on any atom is 0.274 e. The lowest BCUT2D eigenvalue weighted by atomic mass is 10.2. The molecule has 0 aliphatic carbocycles. The van der Waals surface area contributed by atoms with Crippen LogP contribution < -0.4 is 10.5 Å². The van der Waals surface area contributed by atoms with Crippen molar-refractivity contribution in [2.45, 2.75) is 6.92 Å². The third kappa shape index (κ3) is 4.41. The molecule has 0 saturated carbocycles. The van der Waals surface area contributed by atoms with Crippen molar-refractivity contribution < 1.29 is 9.66 Å². The molecule has 0 aliphatic rings. The summed E-state index contributed by atoms with van der Waals surface area (Å²) in [6, 6.07) is 12.2. The van der Waals surface area contributed by atoms with E-state index in [1.807, 2.05) is 24.3 Å². The van der Waals surface area contributed by atoms with Crippen molar-refractivity contribution in [1.82, 2.24) is 0 Å². The standard InChI is InChI=1S/C17H17N3O3/c1-12-3-7-14(11-16(12)20(21)22)19-17(18)10-6-13-4-8-15(23-2)9-5-13/h3-11H,1-2H3,(H2,18,19). The lowest BCUT2D eigenvalue weighted by molar-refractivity contribution is -0.385. The molecule has 2 aromatic carbocycles. The number of benzene rings is 2. The number of ether oxygens (including phenoxy) is 1. The molecule has 0 radical (unpaired) electrons. The Kier molecular flexibility index (Phi) is 5.09. The van der Waals surface area contributed by atoms with E-state index in [1.165, 1.54) is 6.07 Å². The Morgan fingerprint density at radius 3 is 2.57 bits per heavy atom. The molecule has 23 heavy (non-hydrogen) atoms. The van der Waals surface area contributed by atoms with Crippen molar-refractivity contribution in [3.63, 3.8) is 0 Å². The highest BCUT2D eigenvalue weighted by atomic mass is 16.6. The van der Waals surface area contributed by atoms with Gasteiger partial charge in [0.05, 0.1) is 17.7 Å². The molecule has 6 heteroatoms. The van der Waals surface area contributed by atoms with Crippen molar-refractivity contribution in [2.75, 3.05) is 7.11 Å². The number of methoxy groups -OCH3 is 1. The highest BCUT2D eigenvalue weighted by Crippen LogP contribution is 2.24. The second-order valence-electron chi connectivity index (χ2n) is 4.87. The normalized spacial score (nSPS) is 11.7. The van der Waals surface area contributed by atoms with Crippen LogP contribution in [0.3, 0.4) is 0 Å². The second kappa shape index (κ2) is 7.22. The van der Waals surface area contributed by atoms with Crippen LogP contribution in [-0.2, 0) is 0 Å². The van der Waals surface area contributed by atoms with Crippen LogP contribution in [0, 0.1) is 17.0 Å². The number of nitro groups is 1. The molecule has 2 rings (SSSR count). The maximum absolute atomic E-state index is 10.9. The number of aryl methyl sites for hydroxylation is 1. The van der Waals surface area contributed by atoms with Crippen LogP contribution in [0.4, 0.5) is 11.4 Å². The minimum atomic E-state index is -0.433. The Morgan fingerprint density at radius 1 is 1.26 bits per heavy atom. The number of amidine groups is 1. The summed E-state index contributed by atoms with van der Waals surface area (Å²) in [6.07, 6.45) is 3.45. The largest absolute Gasteiger partial charge is 0.497 e. The van der Waals surface area contributed by atoms with Gasteiger partial charge in [0.2, 0.25) is 0 Å². The monoisotopic (exact) mass is 311 g/mol. The van der Waals surface area contributed by atoms with Gasteiger partial charge in [-0.1, -0.05) is 24.3 Å². The number of nitrogens with zero attached hydrogens (tertiary/aromatic N) is 2. The lowest BCUT2D eigenvalue weighted by Gasteiger charge is -2.00. The van der Waals surface area contributed by atoms with Crippen LogP contribution in [0.5, 0.6) is 5.75 Å². The predicted molar refractivity (Wildman–Crippen MR) is 91.1 cm³/mol. The van der Waals surface area contributed by atoms with Crippen LogP contribution in [0.1, 0.15) is 11.1 Å². The number of rotatable bonds is 5. The lowest BCUT2D eigenvalue weighted by Crippen LogP contribution is -2.06. The van der Waals surface area contributed by atoms with Crippen molar-refractivity contribution in [1.29, 1.82) is 0 Å². The third-order valence-electron chi connectivity index (χ3n) is 3.21. The van der Waals surface area contributed by atoms with E-state index in [2.05, 4.69) is 4.99 Å². The Balaban J connectivity index is 2.17. The third-order valence-corrected chi connectivity index (χ3v) is 3.21. The molecule has 0 aromatic heterocycles. The Labute approximate surface area is 134 Å². The molecular weight excluding hydrogens is 294 g/mol. The van der Waals surface area contributed by atoms with Gasteiger partial charge < -0.3 is 10.5 Å². The van der Waals surface area contributed by atoms with Gasteiger partial charge in [-0.05, 0) is 36.8 Å². The number of nitrogens with two attached hydrogens (primary N) is 1. The molecule has 118 valence electrons. The first-order valence-corrected chi connectivity index (χ1v) is 6.91. The van der Waals surface area contributed by atoms with E-state index in [4.69, 9.17) is 10.5 Å². The molecule has 2 N–H and O–H groups in total. The zero-order valence-electron chi connectivity index (χ0n) is 12.9. The fourth-order valence-electron chi connectivity index (χ4n) is 1.95. The van der Waals surface area contributed by atoms with Crippen LogP contribution in [0.15, 0.2) is 53.5 Å². The van der Waals surface area contributed by atoms with E-state index in [0.29, 0.717) is 11.3 Å². The van der Waals surface area contributed by atoms with Gasteiger partial charge in [0.15, 0.2) is 0 Å². The summed E-state index contributed by atoms with van der Waals surface area (Å²) in [6.45, 7) is 1.68. The highest BCUT2D eigenvalue weighted by molar-refractivity contribution is 5.96. The summed E-state index contributed by atoms with van der Waals surface area (Å²) < 4.78 is 5.09. The minimum Gasteiger partial charge on any atom is -0.497 e. The second-order valence-corrected chi connectivity index (χ2v) is 4.87. The van der Waals surface area contributed by atoms with Gasteiger partial charge in [-0.3, -0.25) is 10.1 Å². The van der Waals surface area contributed by atoms with Gasteiger partial charge in [-0.2, -0.15) is 0 Å². The molecule has 0 spiro atoms. The molecular formula is C17H17N3O3. The molecule has 0 bridgehead atoms. The van der Waals surface area contributed by atoms with E-state index in [-0.39, 0.29) is 11.5 Å². The zero-order valence-corrected chi connectivity index (χ0v) is 12.9. The molecule has 0 unspecified atom stereocenters. The van der Waals surface area contributed by atoms with Gasteiger partial charge in [0, 0.05) is 11.6 Å². The minimum absolute atomic E-state index is 0.0261.